The maximum Gasteiger partial charge on any atom is 0.255 e. The lowest BCUT2D eigenvalue weighted by molar-refractivity contribution is 0.102. The number of aromatic hydroxyl groups is 1. The van der Waals surface area contributed by atoms with Gasteiger partial charge in [-0.15, -0.1) is 0 Å². The predicted octanol–water partition coefficient (Wildman–Crippen LogP) is 2.12. The van der Waals surface area contributed by atoms with Crippen LogP contribution in [0, 0.1) is 0 Å². The molecule has 1 amide bonds. The summed E-state index contributed by atoms with van der Waals surface area (Å²) in [4.78, 5) is 12.6. The van der Waals surface area contributed by atoms with E-state index < -0.39 is 26.0 Å². The van der Waals surface area contributed by atoms with E-state index in [1.165, 1.54) is 46.8 Å². The molecule has 9 nitrogen and oxygen atoms in total. The van der Waals surface area contributed by atoms with Gasteiger partial charge in [-0.05, 0) is 69.2 Å². The number of hydrogen-bond donors (Lipinski definition) is 3. The lowest BCUT2D eigenvalue weighted by atomic mass is 10.2. The van der Waals surface area contributed by atoms with Crippen molar-refractivity contribution >= 4 is 31.6 Å². The predicted molar refractivity (Wildman–Crippen MR) is 116 cm³/mol. The van der Waals surface area contributed by atoms with Crippen LogP contribution in [0.25, 0.3) is 0 Å². The van der Waals surface area contributed by atoms with Crippen molar-refractivity contribution in [2.75, 3.05) is 18.4 Å². The van der Waals surface area contributed by atoms with Gasteiger partial charge in [0, 0.05) is 24.7 Å². The van der Waals surface area contributed by atoms with Crippen molar-refractivity contribution in [1.29, 1.82) is 0 Å². The molecule has 2 aromatic rings. The molecule has 2 aromatic carbocycles. The molecule has 0 bridgehead atoms. The summed E-state index contributed by atoms with van der Waals surface area (Å²) in [7, 11) is -7.40. The SMILES string of the molecule is CC(C)NS(=O)(=O)c1ccc(C(=O)Nc2cc(S(=O)(=O)N3CCCC3)ccc2O)cc1. The Hall–Kier alpha value is -2.47. The van der Waals surface area contributed by atoms with Crippen LogP contribution in [0.5, 0.6) is 5.75 Å². The van der Waals surface area contributed by atoms with E-state index in [4.69, 9.17) is 0 Å². The molecule has 1 saturated heterocycles. The first kappa shape index (κ1) is 23.2. The zero-order valence-electron chi connectivity index (χ0n) is 17.2. The number of sulfonamides is 2. The maximum atomic E-state index is 12.7. The van der Waals surface area contributed by atoms with Gasteiger partial charge in [0.15, 0.2) is 0 Å². The maximum absolute atomic E-state index is 12.7. The van der Waals surface area contributed by atoms with Crippen molar-refractivity contribution in [3.8, 4) is 5.75 Å². The molecule has 3 N–H and O–H groups in total. The number of anilines is 1. The topological polar surface area (TPSA) is 133 Å². The summed E-state index contributed by atoms with van der Waals surface area (Å²) < 4.78 is 53.7. The Morgan fingerprint density at radius 3 is 2.13 bits per heavy atom. The van der Waals surface area contributed by atoms with Crippen molar-refractivity contribution in [2.45, 2.75) is 42.5 Å². The molecule has 0 saturated carbocycles. The van der Waals surface area contributed by atoms with Crippen LogP contribution in [0.3, 0.4) is 0 Å². The first-order chi connectivity index (χ1) is 14.5. The van der Waals surface area contributed by atoms with Crippen LogP contribution >= 0.6 is 0 Å². The van der Waals surface area contributed by atoms with Crippen LogP contribution in [0.15, 0.2) is 52.3 Å². The van der Waals surface area contributed by atoms with E-state index in [1.54, 1.807) is 13.8 Å². The third kappa shape index (κ3) is 5.24. The largest absolute Gasteiger partial charge is 0.506 e. The Balaban J connectivity index is 1.80. The zero-order chi connectivity index (χ0) is 22.8. The van der Waals surface area contributed by atoms with Gasteiger partial charge in [-0.25, -0.2) is 21.6 Å². The molecule has 1 aliphatic heterocycles. The summed E-state index contributed by atoms with van der Waals surface area (Å²) in [5.74, 6) is -0.902. The Morgan fingerprint density at radius 1 is 0.968 bits per heavy atom. The number of benzene rings is 2. The van der Waals surface area contributed by atoms with Crippen LogP contribution in [0.4, 0.5) is 5.69 Å². The molecule has 31 heavy (non-hydrogen) atoms. The third-order valence-electron chi connectivity index (χ3n) is 4.74. The molecule has 3 rings (SSSR count). The molecule has 0 aromatic heterocycles. The van der Waals surface area contributed by atoms with Gasteiger partial charge in [-0.2, -0.15) is 4.31 Å². The Kier molecular flexibility index (Phi) is 6.70. The molecule has 1 fully saturated rings. The van der Waals surface area contributed by atoms with Gasteiger partial charge in [-0.1, -0.05) is 0 Å². The molecule has 0 spiro atoms. The normalized spacial score (nSPS) is 15.3. The zero-order valence-corrected chi connectivity index (χ0v) is 18.8. The van der Waals surface area contributed by atoms with Gasteiger partial charge in [0.25, 0.3) is 5.91 Å². The second-order valence-corrected chi connectivity index (χ2v) is 11.2. The number of amides is 1. The lowest BCUT2D eigenvalue weighted by Crippen LogP contribution is -2.30. The molecule has 0 atom stereocenters. The Morgan fingerprint density at radius 2 is 1.55 bits per heavy atom. The highest BCUT2D eigenvalue weighted by molar-refractivity contribution is 7.89. The smallest absolute Gasteiger partial charge is 0.255 e. The van der Waals surface area contributed by atoms with Crippen LogP contribution < -0.4 is 10.0 Å². The Labute approximate surface area is 182 Å². The summed E-state index contributed by atoms with van der Waals surface area (Å²) in [6.07, 6.45) is 1.58. The fourth-order valence-electron chi connectivity index (χ4n) is 3.21. The van der Waals surface area contributed by atoms with Crippen LogP contribution in [0.1, 0.15) is 37.0 Å². The monoisotopic (exact) mass is 467 g/mol. The number of nitrogens with one attached hydrogen (secondary N) is 2. The van der Waals surface area contributed by atoms with E-state index in [9.17, 15) is 26.7 Å². The number of nitrogens with zero attached hydrogens (tertiary/aromatic N) is 1. The number of phenolic OH excluding ortho intramolecular Hbond substituents is 1. The lowest BCUT2D eigenvalue weighted by Gasteiger charge is -2.17. The summed E-state index contributed by atoms with van der Waals surface area (Å²) >= 11 is 0. The minimum Gasteiger partial charge on any atom is -0.506 e. The van der Waals surface area contributed by atoms with Gasteiger partial charge in [0.05, 0.1) is 15.5 Å². The highest BCUT2D eigenvalue weighted by Crippen LogP contribution is 2.29. The van der Waals surface area contributed by atoms with E-state index in [0.29, 0.717) is 13.1 Å². The van der Waals surface area contributed by atoms with Gasteiger partial charge >= 0.3 is 0 Å². The number of hydrogen-bond acceptors (Lipinski definition) is 6. The molecule has 1 heterocycles. The van der Waals surface area contributed by atoms with Gasteiger partial charge in [0.1, 0.15) is 5.75 Å². The fraction of sp³-hybridized carbons (Fsp3) is 0.350. The van der Waals surface area contributed by atoms with E-state index in [-0.39, 0.29) is 32.8 Å². The van der Waals surface area contributed by atoms with E-state index in [0.717, 1.165) is 12.8 Å². The third-order valence-corrected chi connectivity index (χ3v) is 8.31. The number of phenols is 1. The molecular weight excluding hydrogens is 442 g/mol. The van der Waals surface area contributed by atoms with Gasteiger partial charge in [0.2, 0.25) is 20.0 Å². The standard InChI is InChI=1S/C20H25N3O6S2/c1-14(2)22-30(26,27)16-7-5-15(6-8-16)20(25)21-18-13-17(9-10-19(18)24)31(28,29)23-11-3-4-12-23/h5-10,13-14,22,24H,3-4,11-12H2,1-2H3,(H,21,25). The fourth-order valence-corrected chi connectivity index (χ4v) is 6.01. The molecular formula is C20H25N3O6S2. The van der Waals surface area contributed by atoms with Gasteiger partial charge < -0.3 is 10.4 Å². The van der Waals surface area contributed by atoms with E-state index in [1.807, 2.05) is 0 Å². The summed E-state index contributed by atoms with van der Waals surface area (Å²) in [5, 5.41) is 12.6. The summed E-state index contributed by atoms with van der Waals surface area (Å²) in [6, 6.07) is 8.72. The summed E-state index contributed by atoms with van der Waals surface area (Å²) in [6.45, 7) is 4.27. The highest BCUT2D eigenvalue weighted by atomic mass is 32.2. The van der Waals surface area contributed by atoms with Crippen molar-refractivity contribution in [3.63, 3.8) is 0 Å². The van der Waals surface area contributed by atoms with Gasteiger partial charge in [-0.3, -0.25) is 4.79 Å². The minimum absolute atomic E-state index is 0.0132. The second kappa shape index (κ2) is 8.95. The molecule has 0 aliphatic carbocycles. The molecule has 11 heteroatoms. The second-order valence-electron chi connectivity index (χ2n) is 7.54. The number of carbonyl (C=O) groups excluding carboxylic acids is 1. The summed E-state index contributed by atoms with van der Waals surface area (Å²) in [5.41, 5.74) is 0.0964. The van der Waals surface area contributed by atoms with Crippen molar-refractivity contribution in [3.05, 3.63) is 48.0 Å². The van der Waals surface area contributed by atoms with Crippen molar-refractivity contribution < 1.29 is 26.7 Å². The average molecular weight is 468 g/mol. The van der Waals surface area contributed by atoms with E-state index >= 15 is 0 Å². The highest BCUT2D eigenvalue weighted by Gasteiger charge is 2.28. The molecule has 168 valence electrons. The Bertz CT molecular complexity index is 1170. The molecule has 1 aliphatic rings. The molecule has 0 unspecified atom stereocenters. The minimum atomic E-state index is -3.71. The van der Waals surface area contributed by atoms with Crippen LogP contribution in [-0.2, 0) is 20.0 Å². The quantitative estimate of drug-likeness (QED) is 0.534. The first-order valence-electron chi connectivity index (χ1n) is 9.77. The number of rotatable bonds is 7. The van der Waals surface area contributed by atoms with Crippen LogP contribution in [-0.4, -0.2) is 51.3 Å². The van der Waals surface area contributed by atoms with E-state index in [2.05, 4.69) is 10.0 Å². The average Bonchev–Trinajstić information content (AvgIpc) is 3.24. The van der Waals surface area contributed by atoms with Crippen LogP contribution in [0.2, 0.25) is 0 Å². The first-order valence-corrected chi connectivity index (χ1v) is 12.7. The number of carbonyl (C=O) groups is 1. The molecule has 0 radical (unpaired) electrons. The van der Waals surface area contributed by atoms with Crippen molar-refractivity contribution in [1.82, 2.24) is 9.03 Å². The van der Waals surface area contributed by atoms with Crippen molar-refractivity contribution in [2.24, 2.45) is 0 Å².